The first kappa shape index (κ1) is 26.8. The molecule has 0 unspecified atom stereocenters. The third-order valence-corrected chi connectivity index (χ3v) is 7.67. The molecule has 1 fully saturated rings. The zero-order valence-corrected chi connectivity index (χ0v) is 22.8. The third kappa shape index (κ3) is 5.89. The minimum Gasteiger partial charge on any atom is -0.473 e. The van der Waals surface area contributed by atoms with Crippen LogP contribution in [-0.4, -0.2) is 51.0 Å². The molecule has 8 nitrogen and oxygen atoms in total. The number of imidazole rings is 1. The van der Waals surface area contributed by atoms with E-state index in [0.717, 1.165) is 67.2 Å². The molecule has 0 N–H and O–H groups in total. The van der Waals surface area contributed by atoms with E-state index in [4.69, 9.17) is 21.0 Å². The summed E-state index contributed by atoms with van der Waals surface area (Å²) in [5, 5.41) is 0. The Hall–Kier alpha value is -4.39. The van der Waals surface area contributed by atoms with Gasteiger partial charge in [-0.05, 0) is 55.7 Å². The highest BCUT2D eigenvalue weighted by Gasteiger charge is 2.24. The third-order valence-electron chi connectivity index (χ3n) is 7.67. The maximum absolute atomic E-state index is 14.2. The lowest BCUT2D eigenvalue weighted by Crippen LogP contribution is -2.33. The fraction of sp³-hybridized carbons (Fsp3) is 0.312. The van der Waals surface area contributed by atoms with Gasteiger partial charge in [-0.1, -0.05) is 24.3 Å². The van der Waals surface area contributed by atoms with Crippen LogP contribution in [0.25, 0.3) is 21.5 Å². The monoisotopic (exact) mass is 551 g/mol. The minimum atomic E-state index is -0.460. The number of hydrogen-bond acceptors (Lipinski definition) is 6. The predicted molar refractivity (Wildman–Crippen MR) is 153 cm³/mol. The number of ketones is 1. The Morgan fingerprint density at radius 3 is 2.78 bits per heavy atom. The van der Waals surface area contributed by atoms with Crippen LogP contribution in [0.3, 0.4) is 0 Å². The summed E-state index contributed by atoms with van der Waals surface area (Å²) in [5.74, 6) is 0.979. The molecule has 4 heterocycles. The summed E-state index contributed by atoms with van der Waals surface area (Å²) in [6.07, 6.45) is 4.22. The number of ether oxygens (including phenoxy) is 2. The Labute approximate surface area is 237 Å². The molecule has 2 aromatic carbocycles. The SMILES string of the molecule is [C-]#[N+]c1ccc(COc2cccc(C3=CCN(Cc4nc5ccc(C(C)=O)cc5n4C[C@@H]4CCO4)CC3)n2)c(F)c1. The van der Waals surface area contributed by atoms with E-state index in [9.17, 15) is 9.18 Å². The van der Waals surface area contributed by atoms with E-state index in [2.05, 4.69) is 25.4 Å². The number of carbonyl (C=O) groups is 1. The second kappa shape index (κ2) is 11.6. The van der Waals surface area contributed by atoms with Gasteiger partial charge >= 0.3 is 0 Å². The van der Waals surface area contributed by atoms with Crippen LogP contribution in [0.1, 0.15) is 47.2 Å². The van der Waals surface area contributed by atoms with E-state index in [1.165, 1.54) is 6.07 Å². The van der Waals surface area contributed by atoms with Crippen LogP contribution in [-0.2, 0) is 24.4 Å². The lowest BCUT2D eigenvalue weighted by molar-refractivity contribution is -0.0591. The number of nitrogens with zero attached hydrogens (tertiary/aromatic N) is 5. The van der Waals surface area contributed by atoms with Gasteiger partial charge in [0.15, 0.2) is 11.5 Å². The summed E-state index contributed by atoms with van der Waals surface area (Å²) in [7, 11) is 0. The number of halogens is 1. The van der Waals surface area contributed by atoms with E-state index in [0.29, 0.717) is 23.6 Å². The average molecular weight is 552 g/mol. The van der Waals surface area contributed by atoms with Crippen LogP contribution >= 0.6 is 0 Å². The molecular formula is C32H30FN5O3. The second-order valence-electron chi connectivity index (χ2n) is 10.4. The van der Waals surface area contributed by atoms with Crippen LogP contribution in [0.15, 0.2) is 60.7 Å². The number of hydrogen-bond donors (Lipinski definition) is 0. The Morgan fingerprint density at radius 2 is 2.07 bits per heavy atom. The zero-order chi connectivity index (χ0) is 28.3. The molecule has 208 valence electrons. The second-order valence-corrected chi connectivity index (χ2v) is 10.4. The number of aromatic nitrogens is 3. The van der Waals surface area contributed by atoms with E-state index in [-0.39, 0.29) is 24.2 Å². The lowest BCUT2D eigenvalue weighted by Gasteiger charge is -2.29. The Morgan fingerprint density at radius 1 is 1.20 bits per heavy atom. The average Bonchev–Trinajstić information content (AvgIpc) is 3.30. The molecule has 0 amide bonds. The number of benzene rings is 2. The molecule has 2 aliphatic rings. The molecule has 2 aromatic heterocycles. The van der Waals surface area contributed by atoms with Gasteiger partial charge in [0, 0.05) is 36.9 Å². The lowest BCUT2D eigenvalue weighted by atomic mass is 10.0. The molecule has 41 heavy (non-hydrogen) atoms. The molecule has 0 radical (unpaired) electrons. The minimum absolute atomic E-state index is 0.0359. The summed E-state index contributed by atoms with van der Waals surface area (Å²) in [6.45, 7) is 12.4. The quantitative estimate of drug-likeness (QED) is 0.188. The largest absolute Gasteiger partial charge is 0.473 e. The number of fused-ring (bicyclic) bond motifs is 1. The Bertz CT molecular complexity index is 1680. The highest BCUT2D eigenvalue weighted by Crippen LogP contribution is 2.27. The summed E-state index contributed by atoms with van der Waals surface area (Å²) in [4.78, 5) is 27.2. The van der Waals surface area contributed by atoms with Crippen molar-refractivity contribution in [3.63, 3.8) is 0 Å². The number of rotatable bonds is 9. The maximum Gasteiger partial charge on any atom is 0.214 e. The van der Waals surface area contributed by atoms with E-state index >= 15 is 0 Å². The molecule has 1 saturated heterocycles. The Balaban J connectivity index is 1.14. The van der Waals surface area contributed by atoms with Crippen molar-refractivity contribution in [3.8, 4) is 5.88 Å². The summed E-state index contributed by atoms with van der Waals surface area (Å²) in [6, 6.07) is 15.7. The predicted octanol–water partition coefficient (Wildman–Crippen LogP) is 5.98. The zero-order valence-electron chi connectivity index (χ0n) is 22.8. The molecule has 0 saturated carbocycles. The van der Waals surface area contributed by atoms with Gasteiger partial charge in [-0.3, -0.25) is 9.69 Å². The first-order chi connectivity index (χ1) is 20.0. The van der Waals surface area contributed by atoms with Crippen molar-refractivity contribution in [2.75, 3.05) is 19.7 Å². The van der Waals surface area contributed by atoms with Gasteiger partial charge in [-0.2, -0.15) is 0 Å². The Kier molecular flexibility index (Phi) is 7.59. The van der Waals surface area contributed by atoms with Gasteiger partial charge in [0.2, 0.25) is 5.88 Å². The van der Waals surface area contributed by atoms with Crippen LogP contribution in [0, 0.1) is 12.4 Å². The standard InChI is InChI=1S/C32H30FN5O3/c1-21(39)23-7-9-29-30(16-23)38(18-26-12-15-40-26)31(35-29)19-37-13-10-22(11-14-37)28-4-3-5-32(36-28)41-20-24-6-8-25(34-2)17-27(24)33/h3-10,16-17,26H,11-15,18-20H2,1H3/t26-/m0/s1. The molecule has 0 bridgehead atoms. The van der Waals surface area contributed by atoms with Crippen molar-refractivity contribution < 1.29 is 18.7 Å². The van der Waals surface area contributed by atoms with Gasteiger partial charge < -0.3 is 14.0 Å². The van der Waals surface area contributed by atoms with Crippen LogP contribution < -0.4 is 4.74 Å². The number of carbonyl (C=O) groups excluding carboxylic acids is 1. The van der Waals surface area contributed by atoms with Crippen molar-refractivity contribution >= 4 is 28.1 Å². The van der Waals surface area contributed by atoms with Gasteiger partial charge in [0.1, 0.15) is 18.2 Å². The summed E-state index contributed by atoms with van der Waals surface area (Å²) in [5.41, 5.74) is 5.17. The van der Waals surface area contributed by atoms with Gasteiger partial charge in [0.25, 0.3) is 0 Å². The highest BCUT2D eigenvalue weighted by atomic mass is 19.1. The number of pyridine rings is 1. The van der Waals surface area contributed by atoms with Crippen molar-refractivity contribution in [2.24, 2.45) is 0 Å². The molecule has 1 atom stereocenters. The van der Waals surface area contributed by atoms with Crippen molar-refractivity contribution in [2.45, 2.75) is 45.6 Å². The topological polar surface area (TPSA) is 73.8 Å². The van der Waals surface area contributed by atoms with Crippen LogP contribution in [0.4, 0.5) is 10.1 Å². The summed E-state index contributed by atoms with van der Waals surface area (Å²) < 4.78 is 28.0. The van der Waals surface area contributed by atoms with Crippen LogP contribution in [0.5, 0.6) is 5.88 Å². The molecule has 4 aromatic rings. The highest BCUT2D eigenvalue weighted by molar-refractivity contribution is 5.97. The molecule has 9 heteroatoms. The molecule has 2 aliphatic heterocycles. The van der Waals surface area contributed by atoms with E-state index < -0.39 is 5.82 Å². The molecule has 0 spiro atoms. The van der Waals surface area contributed by atoms with Gasteiger partial charge in [0.05, 0.1) is 42.5 Å². The normalized spacial score (nSPS) is 17.1. The first-order valence-electron chi connectivity index (χ1n) is 13.8. The first-order valence-corrected chi connectivity index (χ1v) is 13.8. The van der Waals surface area contributed by atoms with E-state index in [1.54, 1.807) is 25.1 Å². The maximum atomic E-state index is 14.2. The molecular weight excluding hydrogens is 521 g/mol. The van der Waals surface area contributed by atoms with Crippen molar-refractivity contribution in [1.82, 2.24) is 19.4 Å². The van der Waals surface area contributed by atoms with Crippen LogP contribution in [0.2, 0.25) is 0 Å². The van der Waals surface area contributed by atoms with Crippen molar-refractivity contribution in [1.29, 1.82) is 0 Å². The fourth-order valence-electron chi connectivity index (χ4n) is 5.18. The fourth-order valence-corrected chi connectivity index (χ4v) is 5.18. The number of Topliss-reactive ketones (excluding diaryl/α,β-unsaturated/α-hetero) is 1. The smallest absolute Gasteiger partial charge is 0.214 e. The molecule has 0 aliphatic carbocycles. The summed E-state index contributed by atoms with van der Waals surface area (Å²) >= 11 is 0. The van der Waals surface area contributed by atoms with Gasteiger partial charge in [-0.15, -0.1) is 0 Å². The van der Waals surface area contributed by atoms with Gasteiger partial charge in [-0.25, -0.2) is 19.2 Å². The van der Waals surface area contributed by atoms with Crippen molar-refractivity contribution in [3.05, 3.63) is 101 Å². The molecule has 6 rings (SSSR count). The van der Waals surface area contributed by atoms with E-state index in [1.807, 2.05) is 30.3 Å².